The number of nitrogens with zero attached hydrogens (tertiary/aromatic N) is 2. The van der Waals surface area contributed by atoms with Crippen LogP contribution in [0.4, 0.5) is 4.39 Å². The number of benzene rings is 2. The molecule has 4 rings (SSSR count). The lowest BCUT2D eigenvalue weighted by atomic mass is 9.81. The second-order valence-electron chi connectivity index (χ2n) is 8.04. The molecule has 158 valence electrons. The molecule has 2 unspecified atom stereocenters. The summed E-state index contributed by atoms with van der Waals surface area (Å²) in [6.07, 6.45) is 1.64. The highest BCUT2D eigenvalue weighted by molar-refractivity contribution is 5.74. The second-order valence-corrected chi connectivity index (χ2v) is 8.04. The van der Waals surface area contributed by atoms with Crippen molar-refractivity contribution in [1.82, 2.24) is 14.9 Å². The molecule has 1 saturated heterocycles. The Labute approximate surface area is 174 Å². The van der Waals surface area contributed by atoms with Gasteiger partial charge in [-0.05, 0) is 60.7 Å². The van der Waals surface area contributed by atoms with Crippen molar-refractivity contribution in [3.8, 4) is 5.75 Å². The monoisotopic (exact) mass is 411 g/mol. The maximum atomic E-state index is 13.5. The van der Waals surface area contributed by atoms with E-state index in [-0.39, 0.29) is 24.1 Å². The molecule has 0 amide bonds. The summed E-state index contributed by atoms with van der Waals surface area (Å²) in [6.45, 7) is 2.48. The predicted molar refractivity (Wildman–Crippen MR) is 112 cm³/mol. The first-order valence-corrected chi connectivity index (χ1v) is 10.2. The molecule has 6 nitrogen and oxygen atoms in total. The van der Waals surface area contributed by atoms with Crippen LogP contribution in [0.2, 0.25) is 0 Å². The molecule has 2 aromatic carbocycles. The summed E-state index contributed by atoms with van der Waals surface area (Å²) >= 11 is 0. The molecule has 2 N–H and O–H groups in total. The van der Waals surface area contributed by atoms with Gasteiger partial charge in [0.2, 0.25) is 0 Å². The van der Waals surface area contributed by atoms with Crippen LogP contribution in [0.1, 0.15) is 24.2 Å². The van der Waals surface area contributed by atoms with Gasteiger partial charge in [-0.25, -0.2) is 9.37 Å². The van der Waals surface area contributed by atoms with E-state index < -0.39 is 5.97 Å². The summed E-state index contributed by atoms with van der Waals surface area (Å²) < 4.78 is 18.7. The van der Waals surface area contributed by atoms with Crippen LogP contribution in [0.25, 0.3) is 11.0 Å². The maximum absolute atomic E-state index is 13.5. The third-order valence-corrected chi connectivity index (χ3v) is 5.93. The molecule has 0 saturated carbocycles. The number of hydrogen-bond donors (Lipinski definition) is 2. The molecule has 30 heavy (non-hydrogen) atoms. The molecule has 3 aromatic rings. The minimum absolute atomic E-state index is 0.0968. The largest absolute Gasteiger partial charge is 0.497 e. The van der Waals surface area contributed by atoms with Gasteiger partial charge in [0.15, 0.2) is 0 Å². The van der Waals surface area contributed by atoms with Gasteiger partial charge in [-0.2, -0.15) is 0 Å². The van der Waals surface area contributed by atoms with E-state index >= 15 is 0 Å². The van der Waals surface area contributed by atoms with Crippen molar-refractivity contribution in [1.29, 1.82) is 0 Å². The van der Waals surface area contributed by atoms with E-state index in [2.05, 4.69) is 27.0 Å². The van der Waals surface area contributed by atoms with Gasteiger partial charge in [0, 0.05) is 25.9 Å². The van der Waals surface area contributed by atoms with Crippen molar-refractivity contribution >= 4 is 17.0 Å². The lowest BCUT2D eigenvalue weighted by Crippen LogP contribution is -2.41. The third-order valence-electron chi connectivity index (χ3n) is 5.93. The number of aromatic nitrogens is 2. The van der Waals surface area contributed by atoms with Gasteiger partial charge >= 0.3 is 5.97 Å². The number of carboxylic acid groups (broad SMARTS) is 1. The van der Waals surface area contributed by atoms with Crippen LogP contribution >= 0.6 is 0 Å². The normalized spacial score (nSPS) is 19.8. The number of piperidine rings is 1. The third kappa shape index (κ3) is 4.79. The van der Waals surface area contributed by atoms with Gasteiger partial charge in [-0.3, -0.25) is 9.69 Å². The van der Waals surface area contributed by atoms with Crippen LogP contribution in [-0.2, 0) is 17.8 Å². The summed E-state index contributed by atoms with van der Waals surface area (Å²) in [6, 6.07) is 12.5. The summed E-state index contributed by atoms with van der Waals surface area (Å²) in [5.74, 6) is 0.809. The van der Waals surface area contributed by atoms with Crippen LogP contribution in [0, 0.1) is 17.7 Å². The van der Waals surface area contributed by atoms with E-state index in [1.54, 1.807) is 13.2 Å². The summed E-state index contributed by atoms with van der Waals surface area (Å²) in [5, 5.41) is 9.35. The summed E-state index contributed by atoms with van der Waals surface area (Å²) in [5.41, 5.74) is 2.60. The SMILES string of the molecule is COc1ccc(CN2CCC(CC(=O)O)C(Cc3nc4ccc(F)cc4[nH]3)C2)cc1. The van der Waals surface area contributed by atoms with Crippen molar-refractivity contribution in [2.24, 2.45) is 11.8 Å². The van der Waals surface area contributed by atoms with E-state index in [4.69, 9.17) is 4.74 Å². The number of ether oxygens (including phenoxy) is 1. The van der Waals surface area contributed by atoms with Crippen molar-refractivity contribution in [2.75, 3.05) is 20.2 Å². The molecule has 7 heteroatoms. The maximum Gasteiger partial charge on any atom is 0.303 e. The van der Waals surface area contributed by atoms with Gasteiger partial charge in [0.1, 0.15) is 17.4 Å². The Morgan fingerprint density at radius 1 is 1.27 bits per heavy atom. The molecule has 0 spiro atoms. The number of fused-ring (bicyclic) bond motifs is 1. The van der Waals surface area contributed by atoms with E-state index in [9.17, 15) is 14.3 Å². The standard InChI is InChI=1S/C23H26FN3O3/c1-30-19-5-2-15(3-6-19)13-27-9-8-16(11-23(28)29)17(14-27)10-22-25-20-7-4-18(24)12-21(20)26-22/h2-7,12,16-17H,8-11,13-14H2,1H3,(H,25,26)(H,28,29). The zero-order valence-corrected chi connectivity index (χ0v) is 17.0. The van der Waals surface area contributed by atoms with Crippen molar-refractivity contribution in [3.63, 3.8) is 0 Å². The highest BCUT2D eigenvalue weighted by Crippen LogP contribution is 2.30. The van der Waals surface area contributed by atoms with Crippen LogP contribution < -0.4 is 4.74 Å². The van der Waals surface area contributed by atoms with Crippen LogP contribution in [0.15, 0.2) is 42.5 Å². The van der Waals surface area contributed by atoms with E-state index in [1.807, 2.05) is 12.1 Å². The molecule has 2 atom stereocenters. The van der Waals surface area contributed by atoms with E-state index in [1.165, 1.54) is 17.7 Å². The number of nitrogens with one attached hydrogen (secondary N) is 1. The fourth-order valence-electron chi connectivity index (χ4n) is 4.39. The molecular weight excluding hydrogens is 385 g/mol. The zero-order valence-electron chi connectivity index (χ0n) is 17.0. The average molecular weight is 411 g/mol. The molecule has 1 fully saturated rings. The number of aromatic amines is 1. The number of rotatable bonds is 7. The number of aliphatic carboxylic acids is 1. The Kier molecular flexibility index (Phi) is 5.99. The van der Waals surface area contributed by atoms with Crippen molar-refractivity contribution < 1.29 is 19.0 Å². The Morgan fingerprint density at radius 3 is 2.80 bits per heavy atom. The van der Waals surface area contributed by atoms with Gasteiger partial charge in [0.05, 0.1) is 18.1 Å². The van der Waals surface area contributed by atoms with Crippen LogP contribution in [0.5, 0.6) is 5.75 Å². The Morgan fingerprint density at radius 2 is 2.07 bits per heavy atom. The first kappa shape index (κ1) is 20.3. The van der Waals surface area contributed by atoms with Crippen LogP contribution in [-0.4, -0.2) is 46.1 Å². The minimum Gasteiger partial charge on any atom is -0.497 e. The lowest BCUT2D eigenvalue weighted by Gasteiger charge is -2.38. The topological polar surface area (TPSA) is 78.4 Å². The molecule has 2 heterocycles. The van der Waals surface area contributed by atoms with Gasteiger partial charge in [0.25, 0.3) is 0 Å². The van der Waals surface area contributed by atoms with Gasteiger partial charge in [-0.1, -0.05) is 12.1 Å². The van der Waals surface area contributed by atoms with Crippen molar-refractivity contribution in [2.45, 2.75) is 25.8 Å². The Bertz CT molecular complexity index is 1020. The number of hydrogen-bond acceptors (Lipinski definition) is 4. The number of methoxy groups -OCH3 is 1. The minimum atomic E-state index is -0.764. The number of carbonyl (C=O) groups is 1. The molecule has 1 aliphatic heterocycles. The first-order chi connectivity index (χ1) is 14.5. The second kappa shape index (κ2) is 8.83. The lowest BCUT2D eigenvalue weighted by molar-refractivity contribution is -0.139. The highest BCUT2D eigenvalue weighted by Gasteiger charge is 2.31. The number of imidazole rings is 1. The van der Waals surface area contributed by atoms with Gasteiger partial charge in [-0.15, -0.1) is 0 Å². The summed E-state index contributed by atoms with van der Waals surface area (Å²) in [7, 11) is 1.65. The molecule has 0 aliphatic carbocycles. The Balaban J connectivity index is 1.48. The number of H-pyrrole nitrogens is 1. The fraction of sp³-hybridized carbons (Fsp3) is 0.391. The van der Waals surface area contributed by atoms with E-state index in [0.717, 1.165) is 43.1 Å². The molecule has 1 aromatic heterocycles. The molecule has 1 aliphatic rings. The smallest absolute Gasteiger partial charge is 0.303 e. The number of likely N-dealkylation sites (tertiary alicyclic amines) is 1. The van der Waals surface area contributed by atoms with Crippen molar-refractivity contribution in [3.05, 3.63) is 59.7 Å². The van der Waals surface area contributed by atoms with Crippen LogP contribution in [0.3, 0.4) is 0 Å². The highest BCUT2D eigenvalue weighted by atomic mass is 19.1. The molecular formula is C23H26FN3O3. The quantitative estimate of drug-likeness (QED) is 0.617. The van der Waals surface area contributed by atoms with Gasteiger partial charge < -0.3 is 14.8 Å². The summed E-state index contributed by atoms with van der Waals surface area (Å²) in [4.78, 5) is 21.5. The predicted octanol–water partition coefficient (Wildman–Crippen LogP) is 3.87. The number of carboxylic acids is 1. The Hall–Kier alpha value is -2.93. The zero-order chi connectivity index (χ0) is 21.1. The molecule has 0 bridgehead atoms. The number of halogens is 1. The fourth-order valence-corrected chi connectivity index (χ4v) is 4.39. The first-order valence-electron chi connectivity index (χ1n) is 10.2. The molecule has 0 radical (unpaired) electrons. The average Bonchev–Trinajstić information content (AvgIpc) is 3.11. The van der Waals surface area contributed by atoms with E-state index in [0.29, 0.717) is 11.9 Å².